The third-order valence-corrected chi connectivity index (χ3v) is 7.04. The van der Waals surface area contributed by atoms with Crippen LogP contribution < -0.4 is 21.7 Å². The molecule has 3 atom stereocenters. The Morgan fingerprint density at radius 3 is 2.32 bits per heavy atom. The van der Waals surface area contributed by atoms with Crippen molar-refractivity contribution >= 4 is 34.7 Å². The van der Waals surface area contributed by atoms with E-state index in [1.165, 1.54) is 6.07 Å². The van der Waals surface area contributed by atoms with Crippen molar-refractivity contribution in [3.05, 3.63) is 78.0 Å². The standard InChI is InChI=1S/C33H44N6O5/c1-4-5-17-35-33(44)39(20-22(2)3)21-29(40)27(18-23-11-7-6-8-12-23)37-32(43)28(19-30(34)41)38-31(42)26-16-15-24-13-9-10-14-25(24)36-26/h6-16,22,27-29,40H,4-5,17-21H2,1-3H3,(H2,34,41)(H,35,44)(H,37,43)(H,38,42)/t27-,28-,29+/m0/s1. The van der Waals surface area contributed by atoms with Gasteiger partial charge in [-0.2, -0.15) is 0 Å². The smallest absolute Gasteiger partial charge is 0.317 e. The Kier molecular flexibility index (Phi) is 13.1. The van der Waals surface area contributed by atoms with E-state index in [9.17, 15) is 24.3 Å². The zero-order chi connectivity index (χ0) is 32.1. The summed E-state index contributed by atoms with van der Waals surface area (Å²) >= 11 is 0. The number of carbonyl (C=O) groups is 4. The molecule has 0 bridgehead atoms. The van der Waals surface area contributed by atoms with Gasteiger partial charge in [0.25, 0.3) is 5.91 Å². The van der Waals surface area contributed by atoms with E-state index in [0.29, 0.717) is 18.6 Å². The number of rotatable bonds is 16. The SMILES string of the molecule is CCCCNC(=O)N(CC(C)C)C[C@@H](O)[C@H](Cc1ccccc1)NC(=O)[C@H](CC(N)=O)NC(=O)c1ccc2ccccc2n1. The van der Waals surface area contributed by atoms with Gasteiger partial charge in [-0.05, 0) is 36.5 Å². The van der Waals surface area contributed by atoms with Gasteiger partial charge in [0.15, 0.2) is 0 Å². The molecule has 0 unspecified atom stereocenters. The van der Waals surface area contributed by atoms with Gasteiger partial charge in [0, 0.05) is 18.5 Å². The second kappa shape index (κ2) is 17.0. The van der Waals surface area contributed by atoms with Crippen LogP contribution in [-0.2, 0) is 16.0 Å². The highest BCUT2D eigenvalue weighted by Gasteiger charge is 2.31. The van der Waals surface area contributed by atoms with Crippen molar-refractivity contribution in [3.8, 4) is 0 Å². The van der Waals surface area contributed by atoms with Crippen LogP contribution >= 0.6 is 0 Å². The van der Waals surface area contributed by atoms with Gasteiger partial charge < -0.3 is 31.7 Å². The van der Waals surface area contributed by atoms with Gasteiger partial charge in [-0.15, -0.1) is 0 Å². The Morgan fingerprint density at radius 2 is 1.64 bits per heavy atom. The van der Waals surface area contributed by atoms with E-state index < -0.39 is 42.3 Å². The van der Waals surface area contributed by atoms with Gasteiger partial charge in [-0.25, -0.2) is 9.78 Å². The number of aliphatic hydroxyl groups excluding tert-OH is 1. The molecule has 236 valence electrons. The van der Waals surface area contributed by atoms with Crippen LogP contribution in [0.25, 0.3) is 10.9 Å². The number of urea groups is 1. The lowest BCUT2D eigenvalue weighted by atomic mass is 9.99. The minimum absolute atomic E-state index is 0.0399. The zero-order valence-electron chi connectivity index (χ0n) is 25.7. The summed E-state index contributed by atoms with van der Waals surface area (Å²) in [6, 6.07) is 17.4. The molecule has 1 aromatic heterocycles. The number of hydrogen-bond acceptors (Lipinski definition) is 6. The molecular weight excluding hydrogens is 560 g/mol. The van der Waals surface area contributed by atoms with E-state index in [0.717, 1.165) is 23.8 Å². The molecule has 0 radical (unpaired) electrons. The maximum Gasteiger partial charge on any atom is 0.317 e. The predicted octanol–water partition coefficient (Wildman–Crippen LogP) is 2.76. The molecule has 11 heteroatoms. The normalized spacial score (nSPS) is 13.1. The number of unbranched alkanes of at least 4 members (excludes halogenated alkanes) is 1. The number of amides is 5. The molecule has 3 aromatic rings. The van der Waals surface area contributed by atoms with E-state index in [1.807, 2.05) is 63.2 Å². The van der Waals surface area contributed by atoms with Gasteiger partial charge in [0.05, 0.1) is 30.6 Å². The summed E-state index contributed by atoms with van der Waals surface area (Å²) in [5.74, 6) is -1.99. The predicted molar refractivity (Wildman–Crippen MR) is 170 cm³/mol. The number of pyridine rings is 1. The van der Waals surface area contributed by atoms with Crippen molar-refractivity contribution in [1.82, 2.24) is 25.8 Å². The molecule has 0 aliphatic rings. The number of nitrogens with zero attached hydrogens (tertiary/aromatic N) is 2. The van der Waals surface area contributed by atoms with Crippen molar-refractivity contribution in [2.75, 3.05) is 19.6 Å². The second-order valence-electron chi connectivity index (χ2n) is 11.3. The number of para-hydroxylation sites is 1. The highest BCUT2D eigenvalue weighted by Crippen LogP contribution is 2.13. The lowest BCUT2D eigenvalue weighted by Crippen LogP contribution is -2.57. The summed E-state index contributed by atoms with van der Waals surface area (Å²) in [7, 11) is 0. The number of aromatic nitrogens is 1. The van der Waals surface area contributed by atoms with E-state index in [-0.39, 0.29) is 30.6 Å². The third-order valence-electron chi connectivity index (χ3n) is 7.04. The molecule has 1 heterocycles. The summed E-state index contributed by atoms with van der Waals surface area (Å²) in [5.41, 5.74) is 6.96. The molecule has 0 fully saturated rings. The van der Waals surface area contributed by atoms with E-state index in [4.69, 9.17) is 5.73 Å². The molecule has 11 nitrogen and oxygen atoms in total. The van der Waals surface area contributed by atoms with Crippen molar-refractivity contribution in [2.45, 2.75) is 64.6 Å². The Morgan fingerprint density at radius 1 is 0.932 bits per heavy atom. The van der Waals surface area contributed by atoms with E-state index in [1.54, 1.807) is 23.1 Å². The van der Waals surface area contributed by atoms with Crippen LogP contribution in [0.2, 0.25) is 0 Å². The first-order valence-electron chi connectivity index (χ1n) is 15.1. The molecule has 44 heavy (non-hydrogen) atoms. The first-order chi connectivity index (χ1) is 21.1. The lowest BCUT2D eigenvalue weighted by molar-refractivity contribution is -0.128. The van der Waals surface area contributed by atoms with Crippen LogP contribution in [-0.4, -0.2) is 76.6 Å². The molecule has 0 saturated heterocycles. The molecular formula is C33H44N6O5. The van der Waals surface area contributed by atoms with Gasteiger partial charge >= 0.3 is 6.03 Å². The Bertz CT molecular complexity index is 1400. The van der Waals surface area contributed by atoms with Crippen molar-refractivity contribution in [2.24, 2.45) is 11.7 Å². The van der Waals surface area contributed by atoms with Crippen molar-refractivity contribution in [3.63, 3.8) is 0 Å². The zero-order valence-corrected chi connectivity index (χ0v) is 25.7. The maximum atomic E-state index is 13.6. The van der Waals surface area contributed by atoms with Crippen LogP contribution in [0.3, 0.4) is 0 Å². The van der Waals surface area contributed by atoms with Gasteiger partial charge in [-0.1, -0.05) is 81.8 Å². The first-order valence-corrected chi connectivity index (χ1v) is 15.1. The van der Waals surface area contributed by atoms with E-state index in [2.05, 4.69) is 20.9 Å². The summed E-state index contributed by atoms with van der Waals surface area (Å²) in [6.07, 6.45) is 0.376. The minimum Gasteiger partial charge on any atom is -0.389 e. The third kappa shape index (κ3) is 10.6. The highest BCUT2D eigenvalue weighted by atomic mass is 16.3. The molecule has 0 saturated carbocycles. The fourth-order valence-corrected chi connectivity index (χ4v) is 4.79. The largest absolute Gasteiger partial charge is 0.389 e. The van der Waals surface area contributed by atoms with Crippen LogP contribution in [0.1, 0.15) is 56.1 Å². The van der Waals surface area contributed by atoms with Crippen LogP contribution in [0.4, 0.5) is 4.79 Å². The van der Waals surface area contributed by atoms with Crippen LogP contribution in [0, 0.1) is 5.92 Å². The summed E-state index contributed by atoms with van der Waals surface area (Å²) in [4.78, 5) is 57.5. The summed E-state index contributed by atoms with van der Waals surface area (Å²) in [6.45, 7) is 6.87. The number of benzene rings is 2. The monoisotopic (exact) mass is 604 g/mol. The number of fused-ring (bicyclic) bond motifs is 1. The fraction of sp³-hybridized carbons (Fsp3) is 0.424. The number of carbonyl (C=O) groups excluding carboxylic acids is 4. The molecule has 3 rings (SSSR count). The molecule has 2 aromatic carbocycles. The van der Waals surface area contributed by atoms with Gasteiger partial charge in [-0.3, -0.25) is 14.4 Å². The molecule has 0 aliphatic heterocycles. The average molecular weight is 605 g/mol. The van der Waals surface area contributed by atoms with Crippen molar-refractivity contribution < 1.29 is 24.3 Å². The quantitative estimate of drug-likeness (QED) is 0.158. The minimum atomic E-state index is -1.32. The Balaban J connectivity index is 1.81. The van der Waals surface area contributed by atoms with Gasteiger partial charge in [0.1, 0.15) is 11.7 Å². The van der Waals surface area contributed by atoms with E-state index >= 15 is 0 Å². The topological polar surface area (TPSA) is 167 Å². The Hall–Kier alpha value is -4.51. The van der Waals surface area contributed by atoms with Crippen molar-refractivity contribution in [1.29, 1.82) is 0 Å². The molecule has 5 amide bonds. The number of aliphatic hydroxyl groups is 1. The van der Waals surface area contributed by atoms with Crippen LogP contribution in [0.5, 0.6) is 0 Å². The first kappa shape index (κ1) is 34.0. The number of nitrogens with two attached hydrogens (primary N) is 1. The molecule has 6 N–H and O–H groups in total. The summed E-state index contributed by atoms with van der Waals surface area (Å²) in [5, 5.41) is 20.6. The molecule has 0 aliphatic carbocycles. The van der Waals surface area contributed by atoms with Gasteiger partial charge in [0.2, 0.25) is 11.8 Å². The lowest BCUT2D eigenvalue weighted by Gasteiger charge is -2.32. The number of nitrogens with one attached hydrogen (secondary N) is 3. The number of primary amides is 1. The number of hydrogen-bond donors (Lipinski definition) is 5. The summed E-state index contributed by atoms with van der Waals surface area (Å²) < 4.78 is 0. The average Bonchev–Trinajstić information content (AvgIpc) is 2.99. The maximum absolute atomic E-state index is 13.6. The van der Waals surface area contributed by atoms with Crippen LogP contribution in [0.15, 0.2) is 66.7 Å². The Labute approximate surface area is 258 Å². The molecule has 0 spiro atoms. The highest BCUT2D eigenvalue weighted by molar-refractivity contribution is 5.99. The second-order valence-corrected chi connectivity index (χ2v) is 11.3. The fourth-order valence-electron chi connectivity index (χ4n) is 4.79.